The van der Waals surface area contributed by atoms with Gasteiger partial charge < -0.3 is 11.8 Å². The van der Waals surface area contributed by atoms with E-state index in [1.54, 1.807) is 0 Å². The van der Waals surface area contributed by atoms with Gasteiger partial charge in [-0.1, -0.05) is 109 Å². The van der Waals surface area contributed by atoms with E-state index in [0.717, 1.165) is 27.9 Å². The molecule has 0 bridgehead atoms. The summed E-state index contributed by atoms with van der Waals surface area (Å²) >= 11 is 0. The van der Waals surface area contributed by atoms with E-state index in [0.29, 0.717) is 0 Å². The Bertz CT molecular complexity index is 1030. The molecular weight excluding hydrogens is 409 g/mol. The van der Waals surface area contributed by atoms with E-state index in [9.17, 15) is 9.90 Å². The maximum absolute atomic E-state index is 11.3. The van der Waals surface area contributed by atoms with Gasteiger partial charge in [0.2, 0.25) is 0 Å². The van der Waals surface area contributed by atoms with Crippen molar-refractivity contribution in [2.24, 2.45) is 0 Å². The SMILES string of the molecule is O=C(O)CNc1ccccc1C(c1ccccc1)(c1ccccc1)c1ccccc1.[H-].[K+]. The molecule has 0 aliphatic heterocycles. The van der Waals surface area contributed by atoms with Crippen molar-refractivity contribution in [3.8, 4) is 0 Å². The van der Waals surface area contributed by atoms with Gasteiger partial charge in [0.1, 0.15) is 6.54 Å². The zero-order valence-corrected chi connectivity index (χ0v) is 20.7. The zero-order valence-electron chi connectivity index (χ0n) is 18.5. The van der Waals surface area contributed by atoms with Crippen molar-refractivity contribution >= 4 is 11.7 Å². The van der Waals surface area contributed by atoms with E-state index >= 15 is 0 Å². The van der Waals surface area contributed by atoms with Gasteiger partial charge in [-0.3, -0.25) is 4.79 Å². The van der Waals surface area contributed by atoms with Crippen LogP contribution in [0.2, 0.25) is 0 Å². The molecule has 0 saturated heterocycles. The van der Waals surface area contributed by atoms with Crippen LogP contribution in [0.3, 0.4) is 0 Å². The van der Waals surface area contributed by atoms with E-state index in [2.05, 4.69) is 47.8 Å². The molecule has 0 heterocycles. The summed E-state index contributed by atoms with van der Waals surface area (Å²) in [5.41, 5.74) is 4.56. The first-order valence-corrected chi connectivity index (χ1v) is 9.94. The van der Waals surface area contributed by atoms with E-state index in [1.165, 1.54) is 0 Å². The monoisotopic (exact) mass is 433 g/mol. The summed E-state index contributed by atoms with van der Waals surface area (Å²) in [4.78, 5) is 11.3. The van der Waals surface area contributed by atoms with Gasteiger partial charge in [0.15, 0.2) is 0 Å². The molecule has 0 aliphatic carbocycles. The number of nitrogens with one attached hydrogen (secondary N) is 1. The van der Waals surface area contributed by atoms with Crippen molar-refractivity contribution in [3.63, 3.8) is 0 Å². The Morgan fingerprint density at radius 2 is 1.06 bits per heavy atom. The Morgan fingerprint density at radius 1 is 0.677 bits per heavy atom. The minimum absolute atomic E-state index is 0. The van der Waals surface area contributed by atoms with Crippen LogP contribution in [0.25, 0.3) is 0 Å². The first-order chi connectivity index (χ1) is 14.7. The van der Waals surface area contributed by atoms with E-state index in [-0.39, 0.29) is 59.4 Å². The molecule has 3 nitrogen and oxygen atoms in total. The standard InChI is InChI=1S/C27H23NO2.K.H/c29-26(30)20-28-25-19-11-10-18-24(25)27(21-12-4-1-5-13-21,22-14-6-2-7-15-22)23-16-8-3-9-17-23;;/h1-19,28H,20H2,(H,29,30);;/q;+1;-1. The first kappa shape index (κ1) is 23.4. The van der Waals surface area contributed by atoms with Gasteiger partial charge in [-0.2, -0.15) is 0 Å². The third-order valence-electron chi connectivity index (χ3n) is 5.38. The van der Waals surface area contributed by atoms with Crippen molar-refractivity contribution < 1.29 is 62.7 Å². The number of para-hydroxylation sites is 1. The Morgan fingerprint density at radius 3 is 1.48 bits per heavy atom. The summed E-state index contributed by atoms with van der Waals surface area (Å²) < 4.78 is 0. The summed E-state index contributed by atoms with van der Waals surface area (Å²) in [5, 5.41) is 12.4. The van der Waals surface area contributed by atoms with Gasteiger partial charge in [0, 0.05) is 5.69 Å². The van der Waals surface area contributed by atoms with Crippen LogP contribution in [0.1, 0.15) is 23.7 Å². The second-order valence-corrected chi connectivity index (χ2v) is 7.14. The fourth-order valence-corrected chi connectivity index (χ4v) is 4.17. The minimum atomic E-state index is -0.894. The molecule has 0 aromatic heterocycles. The van der Waals surface area contributed by atoms with Crippen LogP contribution >= 0.6 is 0 Å². The Kier molecular flexibility index (Phi) is 8.24. The summed E-state index contributed by atoms with van der Waals surface area (Å²) in [6.07, 6.45) is 0. The number of carboxylic acid groups (broad SMARTS) is 1. The fraction of sp³-hybridized carbons (Fsp3) is 0.0741. The summed E-state index contributed by atoms with van der Waals surface area (Å²) in [7, 11) is 0. The molecule has 4 aromatic rings. The number of carbonyl (C=O) groups is 1. The third kappa shape index (κ3) is 4.84. The molecule has 31 heavy (non-hydrogen) atoms. The molecule has 4 aromatic carbocycles. The van der Waals surface area contributed by atoms with E-state index in [1.807, 2.05) is 72.8 Å². The number of aliphatic carboxylic acids is 1. The average Bonchev–Trinajstić information content (AvgIpc) is 2.81. The smallest absolute Gasteiger partial charge is 1.00 e. The number of hydrogen-bond acceptors (Lipinski definition) is 2. The minimum Gasteiger partial charge on any atom is -1.00 e. The molecule has 150 valence electrons. The van der Waals surface area contributed by atoms with E-state index in [4.69, 9.17) is 0 Å². The Hall–Kier alpha value is -2.21. The van der Waals surface area contributed by atoms with Gasteiger partial charge in [0.05, 0.1) is 5.41 Å². The number of rotatable bonds is 7. The second kappa shape index (κ2) is 10.9. The topological polar surface area (TPSA) is 49.3 Å². The molecule has 4 heteroatoms. The van der Waals surface area contributed by atoms with Crippen molar-refractivity contribution in [1.29, 1.82) is 0 Å². The largest absolute Gasteiger partial charge is 1.00 e. The third-order valence-corrected chi connectivity index (χ3v) is 5.38. The van der Waals surface area contributed by atoms with Crippen LogP contribution < -0.4 is 56.7 Å². The predicted molar refractivity (Wildman–Crippen MR) is 122 cm³/mol. The van der Waals surface area contributed by atoms with E-state index < -0.39 is 11.4 Å². The van der Waals surface area contributed by atoms with Crippen LogP contribution in [-0.4, -0.2) is 17.6 Å². The molecule has 0 fully saturated rings. The first-order valence-electron chi connectivity index (χ1n) is 9.94. The molecule has 0 spiro atoms. The Labute approximate surface area is 227 Å². The van der Waals surface area contributed by atoms with Crippen molar-refractivity contribution in [1.82, 2.24) is 0 Å². The van der Waals surface area contributed by atoms with Crippen LogP contribution in [0, 0.1) is 0 Å². The number of anilines is 1. The molecule has 2 N–H and O–H groups in total. The predicted octanol–water partition coefficient (Wildman–Crippen LogP) is 2.68. The summed E-state index contributed by atoms with van der Waals surface area (Å²) in [6, 6.07) is 39.1. The van der Waals surface area contributed by atoms with Crippen LogP contribution in [-0.2, 0) is 10.2 Å². The Balaban J connectivity index is 0.00000181. The fourth-order valence-electron chi connectivity index (χ4n) is 4.17. The normalized spacial score (nSPS) is 10.7. The van der Waals surface area contributed by atoms with Crippen LogP contribution in [0.4, 0.5) is 5.69 Å². The molecule has 0 saturated carbocycles. The van der Waals surface area contributed by atoms with Crippen LogP contribution in [0.5, 0.6) is 0 Å². The average molecular weight is 434 g/mol. The van der Waals surface area contributed by atoms with Gasteiger partial charge in [0.25, 0.3) is 0 Å². The van der Waals surface area contributed by atoms with Gasteiger partial charge in [-0.05, 0) is 28.3 Å². The molecule has 4 rings (SSSR count). The molecule has 0 amide bonds. The molecule has 0 unspecified atom stereocenters. The molecular formula is C27H24KNO2. The number of carboxylic acids is 1. The van der Waals surface area contributed by atoms with Gasteiger partial charge in [-0.15, -0.1) is 0 Å². The maximum Gasteiger partial charge on any atom is 1.00 e. The molecule has 0 aliphatic rings. The molecule has 0 atom stereocenters. The maximum atomic E-state index is 11.3. The van der Waals surface area contributed by atoms with Gasteiger partial charge in [-0.25, -0.2) is 0 Å². The number of benzene rings is 4. The molecule has 0 radical (unpaired) electrons. The van der Waals surface area contributed by atoms with Crippen molar-refractivity contribution in [2.75, 3.05) is 11.9 Å². The van der Waals surface area contributed by atoms with Crippen molar-refractivity contribution in [2.45, 2.75) is 5.41 Å². The van der Waals surface area contributed by atoms with Crippen molar-refractivity contribution in [3.05, 3.63) is 138 Å². The second-order valence-electron chi connectivity index (χ2n) is 7.14. The van der Waals surface area contributed by atoms with Gasteiger partial charge >= 0.3 is 57.4 Å². The summed E-state index contributed by atoms with van der Waals surface area (Å²) in [6.45, 7) is -0.147. The summed E-state index contributed by atoms with van der Waals surface area (Å²) in [5.74, 6) is -0.894. The quantitative estimate of drug-likeness (QED) is 0.348. The zero-order chi connectivity index (χ0) is 20.8. The number of hydrogen-bond donors (Lipinski definition) is 2. The van der Waals surface area contributed by atoms with Crippen LogP contribution in [0.15, 0.2) is 115 Å².